The molecule has 0 spiro atoms. The van der Waals surface area contributed by atoms with E-state index in [0.29, 0.717) is 38.8 Å². The topological polar surface area (TPSA) is 108 Å². The Morgan fingerprint density at radius 1 is 1.18 bits per heavy atom. The molecule has 1 aromatic carbocycles. The van der Waals surface area contributed by atoms with Crippen LogP contribution in [0.2, 0.25) is 0 Å². The summed E-state index contributed by atoms with van der Waals surface area (Å²) in [4.78, 5) is 44.9. The molecular formula is C29H28N2O6S. The molecule has 1 aliphatic carbocycles. The Morgan fingerprint density at radius 3 is 2.76 bits per heavy atom. The average molecular weight is 533 g/mol. The monoisotopic (exact) mass is 532 g/mol. The van der Waals surface area contributed by atoms with E-state index in [1.54, 1.807) is 43.3 Å². The molecule has 0 radical (unpaired) electrons. The summed E-state index contributed by atoms with van der Waals surface area (Å²) in [6, 6.07) is 12.3. The third kappa shape index (κ3) is 5.06. The fourth-order valence-corrected chi connectivity index (χ4v) is 6.05. The first-order valence-corrected chi connectivity index (χ1v) is 13.4. The molecule has 5 rings (SSSR count). The molecule has 8 nitrogen and oxygen atoms in total. The number of esters is 2. The lowest BCUT2D eigenvalue weighted by atomic mass is 9.88. The van der Waals surface area contributed by atoms with E-state index in [9.17, 15) is 14.4 Å². The molecule has 0 aliphatic heterocycles. The van der Waals surface area contributed by atoms with E-state index in [4.69, 9.17) is 13.9 Å². The first-order valence-electron chi connectivity index (χ1n) is 12.6. The normalized spacial score (nSPS) is 15.5. The number of aromatic nitrogens is 1. The van der Waals surface area contributed by atoms with Gasteiger partial charge in [-0.25, -0.2) is 14.6 Å². The van der Waals surface area contributed by atoms with Crippen molar-refractivity contribution in [2.24, 2.45) is 5.92 Å². The molecule has 196 valence electrons. The zero-order valence-electron chi connectivity index (χ0n) is 21.4. The molecule has 9 heteroatoms. The van der Waals surface area contributed by atoms with Crippen LogP contribution in [0.25, 0.3) is 22.4 Å². The van der Waals surface area contributed by atoms with Crippen LogP contribution in [0.5, 0.6) is 0 Å². The van der Waals surface area contributed by atoms with E-state index in [-0.39, 0.29) is 12.2 Å². The molecule has 1 aliphatic rings. The highest BCUT2D eigenvalue weighted by molar-refractivity contribution is 7.17. The Kier molecular flexibility index (Phi) is 7.28. The van der Waals surface area contributed by atoms with Gasteiger partial charge in [0.05, 0.1) is 29.5 Å². The second kappa shape index (κ2) is 10.8. The lowest BCUT2D eigenvalue weighted by Crippen LogP contribution is -2.30. The van der Waals surface area contributed by atoms with Gasteiger partial charge in [-0.3, -0.25) is 4.79 Å². The van der Waals surface area contributed by atoms with E-state index >= 15 is 0 Å². The third-order valence-electron chi connectivity index (χ3n) is 6.59. The molecular weight excluding hydrogens is 504 g/mol. The predicted molar refractivity (Wildman–Crippen MR) is 144 cm³/mol. The van der Waals surface area contributed by atoms with Crippen molar-refractivity contribution in [3.63, 3.8) is 0 Å². The van der Waals surface area contributed by atoms with Crippen LogP contribution in [0.1, 0.15) is 58.3 Å². The van der Waals surface area contributed by atoms with Crippen LogP contribution in [0.15, 0.2) is 53.1 Å². The number of carbonyl (C=O) groups is 3. The van der Waals surface area contributed by atoms with Crippen LogP contribution >= 0.6 is 11.3 Å². The van der Waals surface area contributed by atoms with Crippen LogP contribution in [-0.2, 0) is 27.1 Å². The molecule has 3 heterocycles. The number of hydrogen-bond acceptors (Lipinski definition) is 8. The maximum atomic E-state index is 13.3. The summed E-state index contributed by atoms with van der Waals surface area (Å²) in [7, 11) is 0. The number of rotatable bonds is 7. The zero-order chi connectivity index (χ0) is 26.8. The first-order chi connectivity index (χ1) is 18.4. The van der Waals surface area contributed by atoms with Crippen molar-refractivity contribution >= 4 is 45.1 Å². The lowest BCUT2D eigenvalue weighted by molar-refractivity contribution is -0.123. The molecule has 3 aromatic heterocycles. The quantitative estimate of drug-likeness (QED) is 0.289. The number of fused-ring (bicyclic) bond motifs is 2. The minimum Gasteiger partial charge on any atom is -0.463 e. The van der Waals surface area contributed by atoms with Gasteiger partial charge in [-0.05, 0) is 68.9 Å². The number of amides is 1. The van der Waals surface area contributed by atoms with Crippen LogP contribution in [-0.4, -0.2) is 35.5 Å². The summed E-state index contributed by atoms with van der Waals surface area (Å²) in [5, 5.41) is 3.86. The van der Waals surface area contributed by atoms with Gasteiger partial charge in [0.25, 0.3) is 5.91 Å². The number of nitrogens with zero attached hydrogens (tertiary/aromatic N) is 1. The molecule has 1 N–H and O–H groups in total. The number of para-hydroxylation sites is 1. The molecule has 0 unspecified atom stereocenters. The number of ether oxygens (including phenoxy) is 2. The second-order valence-electron chi connectivity index (χ2n) is 9.36. The van der Waals surface area contributed by atoms with Crippen LogP contribution in [0.3, 0.4) is 0 Å². The largest absolute Gasteiger partial charge is 0.463 e. The number of furan rings is 1. The van der Waals surface area contributed by atoms with Gasteiger partial charge in [0.1, 0.15) is 10.7 Å². The SMILES string of the molecule is CCOC(=O)c1c(NC(=O)[C@@H](C)OC(=O)c2cc(-c3ccco3)nc3ccccc23)sc2c1CC[C@H](C)C2. The Bertz CT molecular complexity index is 1510. The number of benzene rings is 1. The number of hydrogen-bond donors (Lipinski definition) is 1. The summed E-state index contributed by atoms with van der Waals surface area (Å²) < 4.78 is 16.3. The highest BCUT2D eigenvalue weighted by Gasteiger charge is 2.30. The molecule has 38 heavy (non-hydrogen) atoms. The van der Waals surface area contributed by atoms with Crippen LogP contribution in [0.4, 0.5) is 5.00 Å². The van der Waals surface area contributed by atoms with E-state index in [1.807, 2.05) is 6.07 Å². The smallest absolute Gasteiger partial charge is 0.341 e. The van der Waals surface area contributed by atoms with Gasteiger partial charge in [0.15, 0.2) is 11.9 Å². The van der Waals surface area contributed by atoms with Crippen molar-refractivity contribution < 1.29 is 28.3 Å². The Hall–Kier alpha value is -3.98. The molecule has 2 atom stereocenters. The third-order valence-corrected chi connectivity index (χ3v) is 7.76. The van der Waals surface area contributed by atoms with Gasteiger partial charge < -0.3 is 19.2 Å². The maximum absolute atomic E-state index is 13.3. The minimum absolute atomic E-state index is 0.237. The van der Waals surface area contributed by atoms with Crippen molar-refractivity contribution in [1.82, 2.24) is 4.98 Å². The molecule has 1 amide bonds. The van der Waals surface area contributed by atoms with Gasteiger partial charge in [-0.15, -0.1) is 11.3 Å². The summed E-state index contributed by atoms with van der Waals surface area (Å²) >= 11 is 1.39. The fraction of sp³-hybridized carbons (Fsp3) is 0.310. The van der Waals surface area contributed by atoms with Gasteiger partial charge in [-0.2, -0.15) is 0 Å². The van der Waals surface area contributed by atoms with Gasteiger partial charge >= 0.3 is 11.9 Å². The van der Waals surface area contributed by atoms with E-state index in [2.05, 4.69) is 17.2 Å². The van der Waals surface area contributed by atoms with Crippen molar-refractivity contribution in [3.8, 4) is 11.5 Å². The summed E-state index contributed by atoms with van der Waals surface area (Å²) in [6.45, 7) is 5.66. The van der Waals surface area contributed by atoms with Gasteiger partial charge in [0, 0.05) is 10.3 Å². The van der Waals surface area contributed by atoms with Crippen LogP contribution in [0, 0.1) is 5.92 Å². The molecule has 0 saturated carbocycles. The van der Waals surface area contributed by atoms with Crippen molar-refractivity contribution in [1.29, 1.82) is 0 Å². The molecule has 0 fully saturated rings. The summed E-state index contributed by atoms with van der Waals surface area (Å²) in [5.74, 6) is -0.628. The number of pyridine rings is 1. The van der Waals surface area contributed by atoms with E-state index in [0.717, 1.165) is 29.7 Å². The first kappa shape index (κ1) is 25.7. The fourth-order valence-electron chi connectivity index (χ4n) is 4.64. The number of thiophene rings is 1. The maximum Gasteiger partial charge on any atom is 0.341 e. The standard InChI is InChI=1S/C29H28N2O6S/c1-4-35-29(34)25-19-12-11-16(2)14-24(19)38-27(25)31-26(32)17(3)37-28(33)20-15-22(23-10-7-13-36-23)30-21-9-6-5-8-18(20)21/h5-10,13,15-17H,4,11-12,14H2,1-3H3,(H,31,32)/t16-,17+/m0/s1. The Labute approximate surface area is 224 Å². The minimum atomic E-state index is -1.12. The summed E-state index contributed by atoms with van der Waals surface area (Å²) in [5.41, 5.74) is 2.71. The Balaban J connectivity index is 1.38. The molecule has 0 bridgehead atoms. The van der Waals surface area contributed by atoms with Gasteiger partial charge in [0.2, 0.25) is 0 Å². The van der Waals surface area contributed by atoms with Crippen molar-refractivity contribution in [3.05, 3.63) is 70.3 Å². The van der Waals surface area contributed by atoms with E-state index in [1.165, 1.54) is 24.5 Å². The highest BCUT2D eigenvalue weighted by atomic mass is 32.1. The second-order valence-corrected chi connectivity index (χ2v) is 10.5. The predicted octanol–water partition coefficient (Wildman–Crippen LogP) is 6.04. The lowest BCUT2D eigenvalue weighted by Gasteiger charge is -2.18. The molecule has 0 saturated heterocycles. The van der Waals surface area contributed by atoms with Crippen molar-refractivity contribution in [2.45, 2.75) is 46.1 Å². The number of carbonyl (C=O) groups excluding carboxylic acids is 3. The number of anilines is 1. The van der Waals surface area contributed by atoms with Gasteiger partial charge in [-0.1, -0.05) is 25.1 Å². The molecule has 4 aromatic rings. The zero-order valence-corrected chi connectivity index (χ0v) is 22.2. The average Bonchev–Trinajstić information content (AvgIpc) is 3.56. The highest BCUT2D eigenvalue weighted by Crippen LogP contribution is 2.40. The van der Waals surface area contributed by atoms with Crippen molar-refractivity contribution in [2.75, 3.05) is 11.9 Å². The number of nitrogens with one attached hydrogen (secondary N) is 1. The summed E-state index contributed by atoms with van der Waals surface area (Å²) in [6.07, 6.45) is 2.99. The van der Waals surface area contributed by atoms with E-state index < -0.39 is 23.9 Å². The Morgan fingerprint density at radius 2 is 2.00 bits per heavy atom. The van der Waals surface area contributed by atoms with Crippen LogP contribution < -0.4 is 5.32 Å².